The number of amides is 1. The number of aromatic nitrogens is 2. The SMILES string of the molecule is CCC(C(=O)NCc1cccs1)n1c(=O)c(C(F)(F)F)nc2ccccc21. The first-order chi connectivity index (χ1) is 12.8. The summed E-state index contributed by atoms with van der Waals surface area (Å²) in [7, 11) is 0. The van der Waals surface area contributed by atoms with Crippen LogP contribution in [0.5, 0.6) is 0 Å². The Morgan fingerprint density at radius 2 is 2.00 bits per heavy atom. The van der Waals surface area contributed by atoms with Crippen LogP contribution in [0.3, 0.4) is 0 Å². The van der Waals surface area contributed by atoms with Gasteiger partial charge < -0.3 is 5.32 Å². The summed E-state index contributed by atoms with van der Waals surface area (Å²) in [5, 5.41) is 4.55. The van der Waals surface area contributed by atoms with Gasteiger partial charge >= 0.3 is 6.18 Å². The Kier molecular flexibility index (Phi) is 5.31. The third-order valence-electron chi connectivity index (χ3n) is 4.08. The fourth-order valence-electron chi connectivity index (χ4n) is 2.84. The number of thiophene rings is 1. The van der Waals surface area contributed by atoms with Crippen molar-refractivity contribution in [2.75, 3.05) is 0 Å². The molecule has 0 fully saturated rings. The highest BCUT2D eigenvalue weighted by Crippen LogP contribution is 2.27. The number of carbonyl (C=O) groups is 1. The molecule has 5 nitrogen and oxygen atoms in total. The molecule has 3 rings (SSSR count). The minimum atomic E-state index is -4.91. The second kappa shape index (κ2) is 7.51. The molecule has 0 aliphatic carbocycles. The molecule has 0 aliphatic rings. The van der Waals surface area contributed by atoms with Crippen LogP contribution in [0.25, 0.3) is 11.0 Å². The predicted molar refractivity (Wildman–Crippen MR) is 96.5 cm³/mol. The van der Waals surface area contributed by atoms with Crippen molar-refractivity contribution in [3.63, 3.8) is 0 Å². The molecule has 0 radical (unpaired) electrons. The van der Waals surface area contributed by atoms with Crippen LogP contribution in [0.4, 0.5) is 13.2 Å². The summed E-state index contributed by atoms with van der Waals surface area (Å²) >= 11 is 1.45. The second-order valence-electron chi connectivity index (χ2n) is 5.84. The van der Waals surface area contributed by atoms with E-state index < -0.39 is 29.4 Å². The van der Waals surface area contributed by atoms with E-state index in [2.05, 4.69) is 10.3 Å². The first-order valence-corrected chi connectivity index (χ1v) is 9.09. The van der Waals surface area contributed by atoms with Gasteiger partial charge in [0.05, 0.1) is 17.6 Å². The number of nitrogens with one attached hydrogen (secondary N) is 1. The molecule has 1 aromatic carbocycles. The Balaban J connectivity index is 2.08. The van der Waals surface area contributed by atoms with Gasteiger partial charge in [0, 0.05) is 4.88 Å². The van der Waals surface area contributed by atoms with Crippen molar-refractivity contribution in [3.8, 4) is 0 Å². The minimum Gasteiger partial charge on any atom is -0.349 e. The Morgan fingerprint density at radius 3 is 2.63 bits per heavy atom. The van der Waals surface area contributed by atoms with E-state index in [-0.39, 0.29) is 24.0 Å². The average Bonchev–Trinajstić information content (AvgIpc) is 3.14. The zero-order valence-corrected chi connectivity index (χ0v) is 15.1. The number of fused-ring (bicyclic) bond motifs is 1. The highest BCUT2D eigenvalue weighted by Gasteiger charge is 2.38. The average molecular weight is 395 g/mol. The third-order valence-corrected chi connectivity index (χ3v) is 4.96. The Bertz CT molecular complexity index is 1010. The molecule has 142 valence electrons. The number of benzene rings is 1. The lowest BCUT2D eigenvalue weighted by Gasteiger charge is -2.21. The summed E-state index contributed by atoms with van der Waals surface area (Å²) in [6.45, 7) is 1.89. The van der Waals surface area contributed by atoms with Gasteiger partial charge in [-0.25, -0.2) is 4.98 Å². The molecule has 3 aromatic rings. The standard InChI is InChI=1S/C18H16F3N3O2S/c1-2-13(16(25)22-10-11-6-5-9-27-11)24-14-8-4-3-7-12(14)23-15(17(24)26)18(19,20)21/h3-9,13H,2,10H2,1H3,(H,22,25). The van der Waals surface area contributed by atoms with Crippen molar-refractivity contribution in [3.05, 3.63) is 62.7 Å². The van der Waals surface area contributed by atoms with Crippen molar-refractivity contribution in [2.24, 2.45) is 0 Å². The predicted octanol–water partition coefficient (Wildman–Crippen LogP) is 3.74. The van der Waals surface area contributed by atoms with Gasteiger partial charge in [0.2, 0.25) is 11.6 Å². The third kappa shape index (κ3) is 3.87. The molecule has 1 N–H and O–H groups in total. The zero-order valence-electron chi connectivity index (χ0n) is 14.3. The molecule has 2 heterocycles. The fraction of sp³-hybridized carbons (Fsp3) is 0.278. The Labute approximate surface area is 156 Å². The van der Waals surface area contributed by atoms with Gasteiger partial charge in [0.15, 0.2) is 0 Å². The van der Waals surface area contributed by atoms with Crippen LogP contribution in [0, 0.1) is 0 Å². The molecule has 1 unspecified atom stereocenters. The number of rotatable bonds is 5. The van der Waals surface area contributed by atoms with Crippen molar-refractivity contribution < 1.29 is 18.0 Å². The van der Waals surface area contributed by atoms with Crippen LogP contribution < -0.4 is 10.9 Å². The second-order valence-corrected chi connectivity index (χ2v) is 6.88. The van der Waals surface area contributed by atoms with Gasteiger partial charge in [-0.15, -0.1) is 11.3 Å². The summed E-state index contributed by atoms with van der Waals surface area (Å²) in [4.78, 5) is 29.6. The van der Waals surface area contributed by atoms with Gasteiger partial charge in [0.25, 0.3) is 5.56 Å². The molecular formula is C18H16F3N3O2S. The van der Waals surface area contributed by atoms with Gasteiger partial charge in [-0.05, 0) is 30.0 Å². The van der Waals surface area contributed by atoms with E-state index in [0.29, 0.717) is 0 Å². The number of hydrogen-bond donors (Lipinski definition) is 1. The molecule has 0 saturated carbocycles. The molecular weight excluding hydrogens is 379 g/mol. The summed E-state index contributed by atoms with van der Waals surface area (Å²) in [5.41, 5.74) is -2.65. The van der Waals surface area contributed by atoms with Crippen molar-refractivity contribution in [2.45, 2.75) is 32.1 Å². The molecule has 0 spiro atoms. The zero-order chi connectivity index (χ0) is 19.6. The molecule has 0 aliphatic heterocycles. The van der Waals surface area contributed by atoms with Gasteiger partial charge in [-0.2, -0.15) is 13.2 Å². The van der Waals surface area contributed by atoms with Crippen LogP contribution in [0.2, 0.25) is 0 Å². The maximum Gasteiger partial charge on any atom is 0.438 e. The Morgan fingerprint density at radius 1 is 1.26 bits per heavy atom. The largest absolute Gasteiger partial charge is 0.438 e. The number of carbonyl (C=O) groups excluding carboxylic acids is 1. The smallest absolute Gasteiger partial charge is 0.349 e. The molecule has 1 amide bonds. The van der Waals surface area contributed by atoms with Gasteiger partial charge in [0.1, 0.15) is 6.04 Å². The van der Waals surface area contributed by atoms with Crippen LogP contribution in [-0.2, 0) is 17.5 Å². The van der Waals surface area contributed by atoms with E-state index in [1.807, 2.05) is 17.5 Å². The van der Waals surface area contributed by atoms with E-state index in [1.165, 1.54) is 29.5 Å². The van der Waals surface area contributed by atoms with Crippen molar-refractivity contribution in [1.82, 2.24) is 14.9 Å². The summed E-state index contributed by atoms with van der Waals surface area (Å²) < 4.78 is 40.7. The van der Waals surface area contributed by atoms with Crippen molar-refractivity contribution >= 4 is 28.3 Å². The summed E-state index contributed by atoms with van der Waals surface area (Å²) in [5.74, 6) is -0.516. The van der Waals surface area contributed by atoms with E-state index in [4.69, 9.17) is 0 Å². The van der Waals surface area contributed by atoms with E-state index in [9.17, 15) is 22.8 Å². The number of para-hydroxylation sites is 2. The summed E-state index contributed by atoms with van der Waals surface area (Å²) in [6, 6.07) is 8.58. The highest BCUT2D eigenvalue weighted by molar-refractivity contribution is 7.09. The molecule has 1 atom stereocenters. The van der Waals surface area contributed by atoms with Crippen LogP contribution in [0.15, 0.2) is 46.6 Å². The number of halogens is 3. The topological polar surface area (TPSA) is 64.0 Å². The monoisotopic (exact) mass is 395 g/mol. The van der Waals surface area contributed by atoms with E-state index in [0.717, 1.165) is 9.44 Å². The minimum absolute atomic E-state index is 0.00827. The van der Waals surface area contributed by atoms with Gasteiger partial charge in [-0.1, -0.05) is 25.1 Å². The highest BCUT2D eigenvalue weighted by atomic mass is 32.1. The van der Waals surface area contributed by atoms with Crippen LogP contribution in [0.1, 0.15) is 30.0 Å². The van der Waals surface area contributed by atoms with Crippen LogP contribution in [-0.4, -0.2) is 15.5 Å². The van der Waals surface area contributed by atoms with E-state index >= 15 is 0 Å². The normalized spacial score (nSPS) is 12.9. The lowest BCUT2D eigenvalue weighted by Crippen LogP contribution is -2.39. The number of hydrogen-bond acceptors (Lipinski definition) is 4. The van der Waals surface area contributed by atoms with Crippen molar-refractivity contribution in [1.29, 1.82) is 0 Å². The lowest BCUT2D eigenvalue weighted by molar-refractivity contribution is -0.142. The Hall–Kier alpha value is -2.68. The molecule has 0 saturated heterocycles. The summed E-state index contributed by atoms with van der Waals surface area (Å²) in [6.07, 6.45) is -4.75. The fourth-order valence-corrected chi connectivity index (χ4v) is 3.48. The first kappa shape index (κ1) is 19.1. The maximum atomic E-state index is 13.3. The molecule has 27 heavy (non-hydrogen) atoms. The first-order valence-electron chi connectivity index (χ1n) is 8.21. The maximum absolute atomic E-state index is 13.3. The number of nitrogens with zero attached hydrogens (tertiary/aromatic N) is 2. The van der Waals surface area contributed by atoms with E-state index in [1.54, 1.807) is 13.0 Å². The quantitative estimate of drug-likeness (QED) is 0.716. The number of alkyl halides is 3. The molecule has 0 bridgehead atoms. The van der Waals surface area contributed by atoms with Gasteiger partial charge in [-0.3, -0.25) is 14.2 Å². The molecule has 2 aromatic heterocycles. The molecule has 9 heteroatoms. The lowest BCUT2D eigenvalue weighted by atomic mass is 10.1. The van der Waals surface area contributed by atoms with Crippen LogP contribution >= 0.6 is 11.3 Å².